The maximum absolute atomic E-state index is 13.5. The Bertz CT molecular complexity index is 627. The van der Waals surface area contributed by atoms with Gasteiger partial charge in [-0.05, 0) is 35.9 Å². The van der Waals surface area contributed by atoms with Gasteiger partial charge in [0.2, 0.25) is 5.28 Å². The van der Waals surface area contributed by atoms with Crippen molar-refractivity contribution in [2.75, 3.05) is 0 Å². The van der Waals surface area contributed by atoms with Gasteiger partial charge >= 0.3 is 6.18 Å². The SMILES string of the molecule is Fc1ccc(F)c(-c2cc(C(F)(F)F)nc(Cl)n2)c1. The van der Waals surface area contributed by atoms with Gasteiger partial charge in [0.1, 0.15) is 17.3 Å². The first kappa shape index (κ1) is 13.7. The molecule has 1 heterocycles. The predicted octanol–water partition coefficient (Wildman–Crippen LogP) is 4.09. The minimum Gasteiger partial charge on any atom is -0.218 e. The number of benzene rings is 1. The Morgan fingerprint density at radius 3 is 2.32 bits per heavy atom. The van der Waals surface area contributed by atoms with Crippen molar-refractivity contribution >= 4 is 11.6 Å². The lowest BCUT2D eigenvalue weighted by Crippen LogP contribution is -2.09. The normalized spacial score (nSPS) is 11.7. The minimum atomic E-state index is -4.76. The molecule has 1 aromatic heterocycles. The molecule has 0 atom stereocenters. The van der Waals surface area contributed by atoms with Crippen LogP contribution in [0.5, 0.6) is 0 Å². The lowest BCUT2D eigenvalue weighted by molar-refractivity contribution is -0.141. The Balaban J connectivity index is 2.63. The van der Waals surface area contributed by atoms with Gasteiger partial charge in [0.15, 0.2) is 0 Å². The molecule has 0 fully saturated rings. The van der Waals surface area contributed by atoms with Crippen LogP contribution in [-0.4, -0.2) is 9.97 Å². The molecular weight excluding hydrogens is 291 g/mol. The quantitative estimate of drug-likeness (QED) is 0.585. The fourth-order valence-electron chi connectivity index (χ4n) is 1.39. The van der Waals surface area contributed by atoms with Crippen LogP contribution < -0.4 is 0 Å². The summed E-state index contributed by atoms with van der Waals surface area (Å²) in [5, 5.41) is -0.700. The average Bonchev–Trinajstić information content (AvgIpc) is 2.30. The van der Waals surface area contributed by atoms with Crippen molar-refractivity contribution in [2.45, 2.75) is 6.18 Å². The third-order valence-electron chi connectivity index (χ3n) is 2.19. The number of rotatable bonds is 1. The molecule has 0 aliphatic rings. The highest BCUT2D eigenvalue weighted by Gasteiger charge is 2.33. The summed E-state index contributed by atoms with van der Waals surface area (Å²) in [7, 11) is 0. The zero-order chi connectivity index (χ0) is 14.2. The Hall–Kier alpha value is -1.76. The van der Waals surface area contributed by atoms with E-state index < -0.39 is 40.0 Å². The van der Waals surface area contributed by atoms with Gasteiger partial charge in [-0.2, -0.15) is 13.2 Å². The number of halogens is 6. The molecule has 0 unspecified atom stereocenters. The lowest BCUT2D eigenvalue weighted by atomic mass is 10.1. The van der Waals surface area contributed by atoms with Gasteiger partial charge in [-0.3, -0.25) is 0 Å². The zero-order valence-electron chi connectivity index (χ0n) is 8.97. The maximum atomic E-state index is 13.5. The molecule has 0 radical (unpaired) electrons. The van der Waals surface area contributed by atoms with Crippen LogP contribution in [0.1, 0.15) is 5.69 Å². The first-order chi connectivity index (χ1) is 8.77. The van der Waals surface area contributed by atoms with E-state index in [1.165, 1.54) is 0 Å². The molecule has 1 aromatic carbocycles. The van der Waals surface area contributed by atoms with Crippen molar-refractivity contribution in [1.29, 1.82) is 0 Å². The topological polar surface area (TPSA) is 25.8 Å². The molecule has 2 rings (SSSR count). The molecule has 0 aliphatic heterocycles. The van der Waals surface area contributed by atoms with Crippen LogP contribution in [0, 0.1) is 11.6 Å². The van der Waals surface area contributed by atoms with Crippen LogP contribution in [0.25, 0.3) is 11.3 Å². The molecule has 0 saturated carbocycles. The molecule has 0 N–H and O–H groups in total. The maximum Gasteiger partial charge on any atom is 0.433 e. The number of alkyl halides is 3. The number of hydrogen-bond acceptors (Lipinski definition) is 2. The molecule has 8 heteroatoms. The second-order valence-corrected chi connectivity index (χ2v) is 3.87. The third kappa shape index (κ3) is 2.98. The van der Waals surface area contributed by atoms with Crippen molar-refractivity contribution < 1.29 is 22.0 Å². The van der Waals surface area contributed by atoms with Crippen molar-refractivity contribution in [2.24, 2.45) is 0 Å². The highest BCUT2D eigenvalue weighted by molar-refractivity contribution is 6.28. The van der Waals surface area contributed by atoms with Gasteiger partial charge in [-0.15, -0.1) is 0 Å². The molecule has 0 bridgehead atoms. The molecule has 0 spiro atoms. The Morgan fingerprint density at radius 1 is 1.00 bits per heavy atom. The zero-order valence-corrected chi connectivity index (χ0v) is 9.73. The summed E-state index contributed by atoms with van der Waals surface area (Å²) < 4.78 is 64.0. The number of nitrogens with zero attached hydrogens (tertiary/aromatic N) is 2. The van der Waals surface area contributed by atoms with E-state index in [1.54, 1.807) is 0 Å². The summed E-state index contributed by atoms with van der Waals surface area (Å²) >= 11 is 5.36. The van der Waals surface area contributed by atoms with E-state index in [0.717, 1.165) is 18.2 Å². The summed E-state index contributed by atoms with van der Waals surface area (Å²) in [5.41, 5.74) is -2.19. The Labute approximate surface area is 108 Å². The molecule has 100 valence electrons. The van der Waals surface area contributed by atoms with Crippen LogP contribution in [-0.2, 0) is 6.18 Å². The predicted molar refractivity (Wildman–Crippen MR) is 57.4 cm³/mol. The van der Waals surface area contributed by atoms with Crippen LogP contribution in [0.2, 0.25) is 5.28 Å². The fraction of sp³-hybridized carbons (Fsp3) is 0.0909. The van der Waals surface area contributed by atoms with E-state index in [4.69, 9.17) is 11.6 Å². The first-order valence-corrected chi connectivity index (χ1v) is 5.22. The second-order valence-electron chi connectivity index (χ2n) is 3.53. The van der Waals surface area contributed by atoms with Gasteiger partial charge in [0, 0.05) is 5.56 Å². The van der Waals surface area contributed by atoms with Gasteiger partial charge < -0.3 is 0 Å². The average molecular weight is 295 g/mol. The summed E-state index contributed by atoms with van der Waals surface area (Å²) in [6, 6.07) is 2.86. The van der Waals surface area contributed by atoms with E-state index in [0.29, 0.717) is 6.07 Å². The van der Waals surface area contributed by atoms with Gasteiger partial charge in [0.05, 0.1) is 5.69 Å². The van der Waals surface area contributed by atoms with Crippen molar-refractivity contribution in [3.05, 3.63) is 46.9 Å². The summed E-state index contributed by atoms with van der Waals surface area (Å²) in [6.07, 6.45) is -4.76. The monoisotopic (exact) mass is 294 g/mol. The van der Waals surface area contributed by atoms with Crippen LogP contribution in [0.3, 0.4) is 0 Å². The van der Waals surface area contributed by atoms with E-state index in [2.05, 4.69) is 9.97 Å². The molecule has 19 heavy (non-hydrogen) atoms. The largest absolute Gasteiger partial charge is 0.433 e. The summed E-state index contributed by atoms with van der Waals surface area (Å²) in [4.78, 5) is 6.46. The second kappa shape index (κ2) is 4.73. The van der Waals surface area contributed by atoms with E-state index >= 15 is 0 Å². The number of aromatic nitrogens is 2. The van der Waals surface area contributed by atoms with Crippen LogP contribution in [0.15, 0.2) is 24.3 Å². The first-order valence-electron chi connectivity index (χ1n) is 4.84. The molecule has 0 aliphatic carbocycles. The lowest BCUT2D eigenvalue weighted by Gasteiger charge is -2.08. The summed E-state index contributed by atoms with van der Waals surface area (Å²) in [5.74, 6) is -1.72. The Morgan fingerprint density at radius 2 is 1.68 bits per heavy atom. The Kier molecular flexibility index (Phi) is 3.40. The fourth-order valence-corrected chi connectivity index (χ4v) is 1.58. The van der Waals surface area contributed by atoms with Crippen molar-refractivity contribution in [3.63, 3.8) is 0 Å². The molecule has 2 aromatic rings. The molecular formula is C11H4ClF5N2. The van der Waals surface area contributed by atoms with Gasteiger partial charge in [0.25, 0.3) is 0 Å². The smallest absolute Gasteiger partial charge is 0.218 e. The van der Waals surface area contributed by atoms with E-state index in [9.17, 15) is 22.0 Å². The summed E-state index contributed by atoms with van der Waals surface area (Å²) in [6.45, 7) is 0. The van der Waals surface area contributed by atoms with E-state index in [1.807, 2.05) is 0 Å². The molecule has 0 amide bonds. The minimum absolute atomic E-state index is 0.421. The highest BCUT2D eigenvalue weighted by atomic mass is 35.5. The van der Waals surface area contributed by atoms with Crippen molar-refractivity contribution in [3.8, 4) is 11.3 Å². The standard InChI is InChI=1S/C11H4ClF5N2/c12-10-18-8(4-9(19-10)11(15,16)17)6-3-5(13)1-2-7(6)14/h1-4H. The van der Waals surface area contributed by atoms with Gasteiger partial charge in [-0.25, -0.2) is 18.7 Å². The van der Waals surface area contributed by atoms with Crippen LogP contribution >= 0.6 is 11.6 Å². The molecule has 2 nitrogen and oxygen atoms in total. The third-order valence-corrected chi connectivity index (χ3v) is 2.36. The highest BCUT2D eigenvalue weighted by Crippen LogP contribution is 2.31. The molecule has 0 saturated heterocycles. The number of hydrogen-bond donors (Lipinski definition) is 0. The van der Waals surface area contributed by atoms with E-state index in [-0.39, 0.29) is 0 Å². The van der Waals surface area contributed by atoms with Crippen LogP contribution in [0.4, 0.5) is 22.0 Å². The van der Waals surface area contributed by atoms with Crippen molar-refractivity contribution in [1.82, 2.24) is 9.97 Å². The van der Waals surface area contributed by atoms with Gasteiger partial charge in [-0.1, -0.05) is 0 Å².